The Morgan fingerprint density at radius 2 is 1.52 bits per heavy atom. The molecule has 0 radical (unpaired) electrons. The van der Waals surface area contributed by atoms with Crippen LogP contribution in [0.3, 0.4) is 0 Å². The zero-order valence-electron chi connectivity index (χ0n) is 14.6. The van der Waals surface area contributed by atoms with E-state index in [1.165, 1.54) is 30.6 Å². The summed E-state index contributed by atoms with van der Waals surface area (Å²) in [5.41, 5.74) is 0.560. The first-order valence-electron chi connectivity index (χ1n) is 8.32. The van der Waals surface area contributed by atoms with Gasteiger partial charge in [-0.1, -0.05) is 18.2 Å². The molecule has 0 aliphatic rings. The molecule has 0 fully saturated rings. The molecule has 0 amide bonds. The highest BCUT2D eigenvalue weighted by Crippen LogP contribution is 2.31. The number of hydrogen-bond acceptors (Lipinski definition) is 4. The van der Waals surface area contributed by atoms with E-state index in [1.54, 1.807) is 12.1 Å². The first-order chi connectivity index (χ1) is 13.9. The molecule has 5 nitrogen and oxygen atoms in total. The van der Waals surface area contributed by atoms with Crippen LogP contribution in [-0.4, -0.2) is 22.6 Å². The monoisotopic (exact) mass is 415 g/mol. The summed E-state index contributed by atoms with van der Waals surface area (Å²) in [6.07, 6.45) is 5.10. The maximum absolute atomic E-state index is 14.4. The van der Waals surface area contributed by atoms with E-state index in [2.05, 4.69) is 10.1 Å². The normalized spacial score (nSPS) is 11.6. The van der Waals surface area contributed by atoms with Crippen molar-refractivity contribution in [3.63, 3.8) is 0 Å². The van der Waals surface area contributed by atoms with Crippen molar-refractivity contribution in [2.24, 2.45) is 0 Å². The molecule has 0 aliphatic carbocycles. The molecule has 9 heteroatoms. The molecule has 2 aromatic heterocycles. The van der Waals surface area contributed by atoms with Crippen LogP contribution < -0.4 is 0 Å². The van der Waals surface area contributed by atoms with Crippen LogP contribution in [-0.2, 0) is 10.0 Å². The SMILES string of the molecule is O=S(=O)(c1ccccc1F)n1cc(-c2cc(-c3cccnc3)c(F)cc2F)cn1. The Bertz CT molecular complexity index is 1310. The summed E-state index contributed by atoms with van der Waals surface area (Å²) in [6.45, 7) is 0. The lowest BCUT2D eigenvalue weighted by Gasteiger charge is -2.07. The Morgan fingerprint density at radius 3 is 2.21 bits per heavy atom. The Kier molecular flexibility index (Phi) is 4.67. The van der Waals surface area contributed by atoms with E-state index in [0.29, 0.717) is 15.7 Å². The zero-order valence-corrected chi connectivity index (χ0v) is 15.4. The fourth-order valence-electron chi connectivity index (χ4n) is 2.84. The number of halogens is 3. The number of aromatic nitrogens is 3. The van der Waals surface area contributed by atoms with Crippen molar-refractivity contribution in [3.05, 3.63) is 90.8 Å². The molecule has 0 saturated carbocycles. The van der Waals surface area contributed by atoms with Gasteiger partial charge in [-0.15, -0.1) is 0 Å². The third kappa shape index (κ3) is 3.40. The fourth-order valence-corrected chi connectivity index (χ4v) is 4.03. The van der Waals surface area contributed by atoms with Crippen LogP contribution in [0, 0.1) is 17.5 Å². The third-order valence-corrected chi connectivity index (χ3v) is 5.84. The Labute approximate surface area is 164 Å². The molecular formula is C20H12F3N3O2S. The molecule has 146 valence electrons. The van der Waals surface area contributed by atoms with Gasteiger partial charge in [0.25, 0.3) is 10.0 Å². The minimum absolute atomic E-state index is 0.0553. The first-order valence-corrected chi connectivity index (χ1v) is 9.76. The lowest BCUT2D eigenvalue weighted by molar-refractivity contribution is 0.556. The second kappa shape index (κ2) is 7.17. The van der Waals surface area contributed by atoms with Crippen molar-refractivity contribution in [2.45, 2.75) is 4.90 Å². The van der Waals surface area contributed by atoms with Gasteiger partial charge in [-0.05, 0) is 24.3 Å². The van der Waals surface area contributed by atoms with Crippen molar-refractivity contribution in [2.75, 3.05) is 0 Å². The average Bonchev–Trinajstić information content (AvgIpc) is 3.20. The van der Waals surface area contributed by atoms with Crippen LogP contribution in [0.5, 0.6) is 0 Å². The van der Waals surface area contributed by atoms with Gasteiger partial charge in [0.15, 0.2) is 0 Å². The second-order valence-electron chi connectivity index (χ2n) is 6.09. The van der Waals surface area contributed by atoms with Crippen LogP contribution in [0.4, 0.5) is 13.2 Å². The highest BCUT2D eigenvalue weighted by atomic mass is 32.2. The minimum Gasteiger partial charge on any atom is -0.264 e. The quantitative estimate of drug-likeness (QED) is 0.500. The Hall–Kier alpha value is -3.46. The highest BCUT2D eigenvalue weighted by molar-refractivity contribution is 7.89. The van der Waals surface area contributed by atoms with E-state index >= 15 is 0 Å². The first kappa shape index (κ1) is 18.9. The molecular weight excluding hydrogens is 403 g/mol. The second-order valence-corrected chi connectivity index (χ2v) is 7.85. The van der Waals surface area contributed by atoms with Crippen LogP contribution in [0.1, 0.15) is 0 Å². The lowest BCUT2D eigenvalue weighted by atomic mass is 10.0. The smallest absolute Gasteiger partial charge is 0.264 e. The van der Waals surface area contributed by atoms with E-state index in [0.717, 1.165) is 24.5 Å². The summed E-state index contributed by atoms with van der Waals surface area (Å²) in [5, 5.41) is 3.74. The number of rotatable bonds is 4. The predicted molar refractivity (Wildman–Crippen MR) is 99.8 cm³/mol. The van der Waals surface area contributed by atoms with Crippen LogP contribution in [0.2, 0.25) is 0 Å². The molecule has 0 bridgehead atoms. The molecule has 0 saturated heterocycles. The van der Waals surface area contributed by atoms with Crippen molar-refractivity contribution in [3.8, 4) is 22.3 Å². The maximum Gasteiger partial charge on any atom is 0.285 e. The highest BCUT2D eigenvalue weighted by Gasteiger charge is 2.23. The van der Waals surface area contributed by atoms with Crippen molar-refractivity contribution in [1.29, 1.82) is 0 Å². The topological polar surface area (TPSA) is 64.8 Å². The van der Waals surface area contributed by atoms with E-state index in [9.17, 15) is 21.6 Å². The number of pyridine rings is 1. The van der Waals surface area contributed by atoms with Gasteiger partial charge in [-0.3, -0.25) is 4.98 Å². The molecule has 4 rings (SSSR count). The average molecular weight is 415 g/mol. The van der Waals surface area contributed by atoms with Crippen LogP contribution >= 0.6 is 0 Å². The molecule has 0 spiro atoms. The molecule has 2 heterocycles. The summed E-state index contributed by atoms with van der Waals surface area (Å²) >= 11 is 0. The standard InChI is InChI=1S/C20H12F3N3O2S/c21-17-5-1-2-6-20(17)29(27,28)26-12-14(11-25-26)16-8-15(18(22)9-19(16)23)13-4-3-7-24-10-13/h1-12H. The van der Waals surface area contributed by atoms with Crippen molar-refractivity contribution < 1.29 is 21.6 Å². The lowest BCUT2D eigenvalue weighted by Crippen LogP contribution is -2.14. The Balaban J connectivity index is 1.80. The largest absolute Gasteiger partial charge is 0.285 e. The summed E-state index contributed by atoms with van der Waals surface area (Å²) in [7, 11) is -4.32. The van der Waals surface area contributed by atoms with E-state index < -0.39 is 32.4 Å². The van der Waals surface area contributed by atoms with Crippen molar-refractivity contribution >= 4 is 10.0 Å². The molecule has 0 atom stereocenters. The summed E-state index contributed by atoms with van der Waals surface area (Å²) in [6, 6.07) is 10.0. The number of hydrogen-bond donors (Lipinski definition) is 0. The van der Waals surface area contributed by atoms with E-state index in [4.69, 9.17) is 0 Å². The third-order valence-electron chi connectivity index (χ3n) is 4.26. The molecule has 2 aromatic carbocycles. The van der Waals surface area contributed by atoms with E-state index in [1.807, 2.05) is 0 Å². The van der Waals surface area contributed by atoms with Gasteiger partial charge in [0.05, 0.1) is 12.4 Å². The Morgan fingerprint density at radius 1 is 0.793 bits per heavy atom. The summed E-state index contributed by atoms with van der Waals surface area (Å²) < 4.78 is 68.4. The van der Waals surface area contributed by atoms with E-state index in [-0.39, 0.29) is 16.7 Å². The molecule has 4 aromatic rings. The molecule has 0 aliphatic heterocycles. The van der Waals surface area contributed by atoms with Gasteiger partial charge in [-0.2, -0.15) is 17.6 Å². The van der Waals surface area contributed by atoms with Gasteiger partial charge in [0.1, 0.15) is 22.3 Å². The van der Waals surface area contributed by atoms with Gasteiger partial charge >= 0.3 is 0 Å². The van der Waals surface area contributed by atoms with Gasteiger partial charge < -0.3 is 0 Å². The van der Waals surface area contributed by atoms with Gasteiger partial charge in [0, 0.05) is 40.7 Å². The fraction of sp³-hybridized carbons (Fsp3) is 0. The molecule has 0 unspecified atom stereocenters. The molecule has 29 heavy (non-hydrogen) atoms. The summed E-state index contributed by atoms with van der Waals surface area (Å²) in [5.74, 6) is -2.61. The maximum atomic E-state index is 14.4. The van der Waals surface area contributed by atoms with Gasteiger partial charge in [0.2, 0.25) is 0 Å². The zero-order chi connectivity index (χ0) is 20.6. The van der Waals surface area contributed by atoms with Crippen LogP contribution in [0.25, 0.3) is 22.3 Å². The van der Waals surface area contributed by atoms with Crippen molar-refractivity contribution in [1.82, 2.24) is 14.2 Å². The number of benzene rings is 2. The molecule has 0 N–H and O–H groups in total. The van der Waals surface area contributed by atoms with Crippen LogP contribution in [0.15, 0.2) is 78.2 Å². The van der Waals surface area contributed by atoms with Gasteiger partial charge in [-0.25, -0.2) is 13.2 Å². The minimum atomic E-state index is -4.32. The predicted octanol–water partition coefficient (Wildman–Crippen LogP) is 4.27. The number of nitrogens with zero attached hydrogens (tertiary/aromatic N) is 3. The summed E-state index contributed by atoms with van der Waals surface area (Å²) in [4.78, 5) is 3.35.